The summed E-state index contributed by atoms with van der Waals surface area (Å²) in [7, 11) is -3.32. The molecule has 3 rings (SSSR count). The maximum atomic E-state index is 12.4. The molecule has 1 aliphatic carbocycles. The van der Waals surface area contributed by atoms with E-state index in [9.17, 15) is 8.42 Å². The van der Waals surface area contributed by atoms with Crippen LogP contribution < -0.4 is 4.72 Å². The lowest BCUT2D eigenvalue weighted by molar-refractivity contribution is 0.585. The highest BCUT2D eigenvalue weighted by atomic mass is 79.9. The summed E-state index contributed by atoms with van der Waals surface area (Å²) in [5.41, 5.74) is 1.24. The molecule has 0 amide bonds. The second-order valence-corrected chi connectivity index (χ2v) is 7.96. The lowest BCUT2D eigenvalue weighted by atomic mass is 10.2. The molecule has 0 atom stereocenters. The zero-order valence-electron chi connectivity index (χ0n) is 10.8. The monoisotopic (exact) mass is 354 g/mol. The van der Waals surface area contributed by atoms with E-state index < -0.39 is 10.0 Å². The Morgan fingerprint density at radius 3 is 2.75 bits per heavy atom. The van der Waals surface area contributed by atoms with Crippen molar-refractivity contribution in [2.45, 2.75) is 30.9 Å². The molecular formula is C14H15BrN2O2S. The van der Waals surface area contributed by atoms with Crippen molar-refractivity contribution in [3.8, 4) is 0 Å². The van der Waals surface area contributed by atoms with E-state index in [1.54, 1.807) is 12.3 Å². The van der Waals surface area contributed by atoms with Crippen LogP contribution in [0.5, 0.6) is 0 Å². The summed E-state index contributed by atoms with van der Waals surface area (Å²) in [5.74, 6) is 0. The van der Waals surface area contributed by atoms with Gasteiger partial charge in [0.25, 0.3) is 0 Å². The molecule has 2 aromatic rings. The molecule has 6 heteroatoms. The smallest absolute Gasteiger partial charge is 0.235 e. The molecule has 0 saturated heterocycles. The Balaban J connectivity index is 1.98. The summed E-state index contributed by atoms with van der Waals surface area (Å²) in [6, 6.07) is 7.44. The lowest BCUT2D eigenvalue weighted by Crippen LogP contribution is -2.25. The molecule has 20 heavy (non-hydrogen) atoms. The molecule has 4 nitrogen and oxygen atoms in total. The molecule has 1 fully saturated rings. The van der Waals surface area contributed by atoms with Gasteiger partial charge in [-0.05, 0) is 40.9 Å². The molecular weight excluding hydrogens is 340 g/mol. The number of fused-ring (bicyclic) bond motifs is 1. The first kappa shape index (κ1) is 13.8. The first-order valence-electron chi connectivity index (χ1n) is 6.62. The van der Waals surface area contributed by atoms with Gasteiger partial charge in [-0.25, -0.2) is 8.42 Å². The Hall–Kier alpha value is -1.14. The van der Waals surface area contributed by atoms with E-state index in [0.717, 1.165) is 35.5 Å². The van der Waals surface area contributed by atoms with Crippen LogP contribution in [0.4, 0.5) is 5.69 Å². The molecule has 0 spiro atoms. The highest BCUT2D eigenvalue weighted by Gasteiger charge is 2.29. The number of pyridine rings is 1. The Morgan fingerprint density at radius 2 is 2.00 bits per heavy atom. The standard InChI is InChI=1S/C14H15BrN2O2S/c15-11-8-10-4-3-7-13(14(10)16-9-11)17-20(18,19)12-5-1-2-6-12/h3-4,7-9,12,17H,1-2,5-6H2. The summed E-state index contributed by atoms with van der Waals surface area (Å²) in [4.78, 5) is 4.32. The summed E-state index contributed by atoms with van der Waals surface area (Å²) in [6.07, 6.45) is 5.16. The minimum atomic E-state index is -3.32. The van der Waals surface area contributed by atoms with Crippen LogP contribution in [0.25, 0.3) is 10.9 Å². The quantitative estimate of drug-likeness (QED) is 0.914. The molecule has 0 aliphatic heterocycles. The Kier molecular flexibility index (Phi) is 3.69. The highest BCUT2D eigenvalue weighted by molar-refractivity contribution is 9.10. The van der Waals surface area contributed by atoms with Crippen LogP contribution in [0.3, 0.4) is 0 Å². The summed E-state index contributed by atoms with van der Waals surface area (Å²) >= 11 is 3.37. The molecule has 106 valence electrons. The topological polar surface area (TPSA) is 59.1 Å². The number of nitrogens with zero attached hydrogens (tertiary/aromatic N) is 1. The number of sulfonamides is 1. The van der Waals surface area contributed by atoms with Crippen LogP contribution in [-0.2, 0) is 10.0 Å². The number of benzene rings is 1. The van der Waals surface area contributed by atoms with Crippen LogP contribution in [0.15, 0.2) is 34.9 Å². The predicted molar refractivity (Wildman–Crippen MR) is 84.2 cm³/mol. The van der Waals surface area contributed by atoms with Gasteiger partial charge in [0.2, 0.25) is 10.0 Å². The van der Waals surface area contributed by atoms with E-state index in [0.29, 0.717) is 11.2 Å². The number of rotatable bonds is 3. The highest BCUT2D eigenvalue weighted by Crippen LogP contribution is 2.29. The average molecular weight is 355 g/mol. The zero-order valence-corrected chi connectivity index (χ0v) is 13.2. The van der Waals surface area contributed by atoms with Crippen molar-refractivity contribution in [1.29, 1.82) is 0 Å². The van der Waals surface area contributed by atoms with Crippen LogP contribution in [-0.4, -0.2) is 18.7 Å². The van der Waals surface area contributed by atoms with E-state index in [1.807, 2.05) is 18.2 Å². The van der Waals surface area contributed by atoms with Gasteiger partial charge in [-0.2, -0.15) is 0 Å². The third-order valence-electron chi connectivity index (χ3n) is 3.67. The second-order valence-electron chi connectivity index (χ2n) is 5.08. The SMILES string of the molecule is O=S(=O)(Nc1cccc2cc(Br)cnc12)C1CCCC1. The fourth-order valence-electron chi connectivity index (χ4n) is 2.65. The second kappa shape index (κ2) is 5.33. The Labute approximate surface area is 126 Å². The molecule has 1 saturated carbocycles. The summed E-state index contributed by atoms with van der Waals surface area (Å²) < 4.78 is 28.3. The van der Waals surface area contributed by atoms with Crippen LogP contribution >= 0.6 is 15.9 Å². The Morgan fingerprint density at radius 1 is 1.25 bits per heavy atom. The van der Waals surface area contributed by atoms with Gasteiger partial charge in [0.1, 0.15) is 0 Å². The van der Waals surface area contributed by atoms with Gasteiger partial charge in [-0.3, -0.25) is 9.71 Å². The van der Waals surface area contributed by atoms with Crippen molar-refractivity contribution in [3.05, 3.63) is 34.9 Å². The number of hydrogen-bond acceptors (Lipinski definition) is 3. The zero-order chi connectivity index (χ0) is 14.2. The van der Waals surface area contributed by atoms with Crippen molar-refractivity contribution in [1.82, 2.24) is 4.98 Å². The molecule has 1 heterocycles. The minimum Gasteiger partial charge on any atom is -0.281 e. The van der Waals surface area contributed by atoms with E-state index >= 15 is 0 Å². The van der Waals surface area contributed by atoms with Crippen molar-refractivity contribution < 1.29 is 8.42 Å². The molecule has 0 radical (unpaired) electrons. The van der Waals surface area contributed by atoms with Crippen LogP contribution in [0, 0.1) is 0 Å². The van der Waals surface area contributed by atoms with Gasteiger partial charge in [0.15, 0.2) is 0 Å². The summed E-state index contributed by atoms with van der Waals surface area (Å²) in [6.45, 7) is 0. The van der Waals surface area contributed by atoms with Crippen LogP contribution in [0.1, 0.15) is 25.7 Å². The van der Waals surface area contributed by atoms with Crippen LogP contribution in [0.2, 0.25) is 0 Å². The predicted octanol–water partition coefficient (Wildman–Crippen LogP) is 3.68. The number of halogens is 1. The molecule has 1 aromatic heterocycles. The lowest BCUT2D eigenvalue weighted by Gasteiger charge is -2.14. The number of aromatic nitrogens is 1. The van der Waals surface area contributed by atoms with Crippen molar-refractivity contribution in [3.63, 3.8) is 0 Å². The first-order chi connectivity index (χ1) is 9.56. The number of anilines is 1. The van der Waals surface area contributed by atoms with E-state index in [1.165, 1.54) is 0 Å². The molecule has 0 bridgehead atoms. The van der Waals surface area contributed by atoms with Gasteiger partial charge in [-0.15, -0.1) is 0 Å². The Bertz CT molecular complexity index is 740. The van der Waals surface area contributed by atoms with Crippen molar-refractivity contribution >= 4 is 42.5 Å². The maximum Gasteiger partial charge on any atom is 0.235 e. The minimum absolute atomic E-state index is 0.270. The van der Waals surface area contributed by atoms with Gasteiger partial charge >= 0.3 is 0 Å². The molecule has 1 aromatic carbocycles. The van der Waals surface area contributed by atoms with Gasteiger partial charge < -0.3 is 0 Å². The third kappa shape index (κ3) is 2.67. The van der Waals surface area contributed by atoms with E-state index in [-0.39, 0.29) is 5.25 Å². The number of hydrogen-bond donors (Lipinski definition) is 1. The average Bonchev–Trinajstić information content (AvgIpc) is 2.93. The fourth-order valence-corrected chi connectivity index (χ4v) is 4.59. The van der Waals surface area contributed by atoms with E-state index in [4.69, 9.17) is 0 Å². The largest absolute Gasteiger partial charge is 0.281 e. The fraction of sp³-hybridized carbons (Fsp3) is 0.357. The van der Waals surface area contributed by atoms with Crippen molar-refractivity contribution in [2.24, 2.45) is 0 Å². The van der Waals surface area contributed by atoms with Gasteiger partial charge in [0.05, 0.1) is 16.5 Å². The first-order valence-corrected chi connectivity index (χ1v) is 8.96. The maximum absolute atomic E-state index is 12.4. The van der Waals surface area contributed by atoms with Gasteiger partial charge in [0, 0.05) is 16.1 Å². The normalized spacial score (nSPS) is 16.6. The van der Waals surface area contributed by atoms with E-state index in [2.05, 4.69) is 25.6 Å². The molecule has 0 unspecified atom stereocenters. The third-order valence-corrected chi connectivity index (χ3v) is 5.96. The van der Waals surface area contributed by atoms with Gasteiger partial charge in [-0.1, -0.05) is 25.0 Å². The number of nitrogens with one attached hydrogen (secondary N) is 1. The summed E-state index contributed by atoms with van der Waals surface area (Å²) in [5, 5.41) is 0.638. The number of para-hydroxylation sites is 1. The van der Waals surface area contributed by atoms with Crippen molar-refractivity contribution in [2.75, 3.05) is 4.72 Å². The molecule has 1 aliphatic rings. The molecule has 1 N–H and O–H groups in total.